The van der Waals surface area contributed by atoms with Crippen molar-refractivity contribution >= 4 is 40.9 Å². The van der Waals surface area contributed by atoms with Crippen LogP contribution in [0.3, 0.4) is 0 Å². The number of hydrogen-bond acceptors (Lipinski definition) is 4. The molecule has 5 nitrogen and oxygen atoms in total. The number of benzene rings is 2. The number of hydrogen-bond donors (Lipinski definition) is 1. The Morgan fingerprint density at radius 3 is 2.58 bits per heavy atom. The summed E-state index contributed by atoms with van der Waals surface area (Å²) in [5, 5.41) is 2.26. The third kappa shape index (κ3) is 3.34. The molecule has 1 aliphatic rings. The van der Waals surface area contributed by atoms with Gasteiger partial charge in [0.1, 0.15) is 17.1 Å². The van der Waals surface area contributed by atoms with Crippen molar-refractivity contribution in [3.05, 3.63) is 65.5 Å². The summed E-state index contributed by atoms with van der Waals surface area (Å²) in [6, 6.07) is 12.7. The summed E-state index contributed by atoms with van der Waals surface area (Å²) in [4.78, 5) is 26.1. The maximum absolute atomic E-state index is 14.1. The van der Waals surface area contributed by atoms with Crippen molar-refractivity contribution in [1.82, 2.24) is 5.32 Å². The van der Waals surface area contributed by atoms with Crippen molar-refractivity contribution in [1.29, 1.82) is 0 Å². The zero-order chi connectivity index (χ0) is 18.7. The van der Waals surface area contributed by atoms with E-state index in [1.165, 1.54) is 24.3 Å². The number of nitrogens with zero attached hydrogens (tertiary/aromatic N) is 1. The van der Waals surface area contributed by atoms with E-state index >= 15 is 0 Å². The van der Waals surface area contributed by atoms with Gasteiger partial charge in [-0.15, -0.1) is 0 Å². The van der Waals surface area contributed by atoms with E-state index in [1.807, 2.05) is 6.92 Å². The van der Waals surface area contributed by atoms with Crippen LogP contribution in [0.4, 0.5) is 10.1 Å². The Balaban J connectivity index is 2.05. The average Bonchev–Trinajstić information content (AvgIpc) is 2.61. The van der Waals surface area contributed by atoms with Gasteiger partial charge < -0.3 is 4.74 Å². The van der Waals surface area contributed by atoms with E-state index in [2.05, 4.69) is 5.32 Å². The maximum atomic E-state index is 14.1. The molecule has 1 saturated heterocycles. The van der Waals surface area contributed by atoms with Gasteiger partial charge in [0.2, 0.25) is 0 Å². The van der Waals surface area contributed by atoms with Gasteiger partial charge in [0.05, 0.1) is 12.3 Å². The first-order chi connectivity index (χ1) is 12.5. The Kier molecular flexibility index (Phi) is 5.09. The fraction of sp³-hybridized carbons (Fsp3) is 0.105. The standard InChI is InChI=1S/C19H15FN2O3S/c1-2-25-16-10-6-3-7-12(16)11-13-17(23)21-19(26)22(18(13)24)15-9-5-4-8-14(15)20/h3-11H,2H2,1H3,(H,21,23,26)/b13-11+. The lowest BCUT2D eigenvalue weighted by Gasteiger charge is -2.29. The topological polar surface area (TPSA) is 58.6 Å². The molecule has 2 amide bonds. The first-order valence-electron chi connectivity index (χ1n) is 7.90. The van der Waals surface area contributed by atoms with E-state index < -0.39 is 17.6 Å². The molecule has 1 fully saturated rings. The maximum Gasteiger partial charge on any atom is 0.270 e. The van der Waals surface area contributed by atoms with Gasteiger partial charge in [-0.05, 0) is 43.4 Å². The molecule has 3 rings (SSSR count). The summed E-state index contributed by atoms with van der Waals surface area (Å²) < 4.78 is 19.6. The van der Waals surface area contributed by atoms with E-state index in [9.17, 15) is 14.0 Å². The van der Waals surface area contributed by atoms with Crippen LogP contribution in [-0.4, -0.2) is 23.5 Å². The molecule has 1 aliphatic heterocycles. The van der Waals surface area contributed by atoms with Gasteiger partial charge in [-0.25, -0.2) is 9.29 Å². The second-order valence-corrected chi connectivity index (χ2v) is 5.77. The van der Waals surface area contributed by atoms with Gasteiger partial charge in [-0.2, -0.15) is 0 Å². The van der Waals surface area contributed by atoms with Crippen LogP contribution in [0.5, 0.6) is 5.75 Å². The van der Waals surface area contributed by atoms with Crippen molar-refractivity contribution < 1.29 is 18.7 Å². The fourth-order valence-electron chi connectivity index (χ4n) is 2.55. The molecule has 7 heteroatoms. The largest absolute Gasteiger partial charge is 0.493 e. The van der Waals surface area contributed by atoms with Crippen LogP contribution in [0.15, 0.2) is 54.1 Å². The van der Waals surface area contributed by atoms with Crippen LogP contribution in [0.25, 0.3) is 6.08 Å². The Morgan fingerprint density at radius 1 is 1.15 bits per heavy atom. The van der Waals surface area contributed by atoms with Crippen molar-refractivity contribution in [2.24, 2.45) is 0 Å². The van der Waals surface area contributed by atoms with Crippen LogP contribution < -0.4 is 15.0 Å². The van der Waals surface area contributed by atoms with Crippen LogP contribution in [0, 0.1) is 5.82 Å². The van der Waals surface area contributed by atoms with E-state index in [-0.39, 0.29) is 16.4 Å². The number of amides is 2. The Hall–Kier alpha value is -3.06. The number of anilines is 1. The number of rotatable bonds is 4. The van der Waals surface area contributed by atoms with Crippen molar-refractivity contribution in [3.63, 3.8) is 0 Å². The fourth-order valence-corrected chi connectivity index (χ4v) is 2.83. The summed E-state index contributed by atoms with van der Waals surface area (Å²) in [7, 11) is 0. The summed E-state index contributed by atoms with van der Waals surface area (Å²) >= 11 is 5.06. The molecule has 1 heterocycles. The first kappa shape index (κ1) is 17.8. The Bertz CT molecular complexity index is 927. The van der Waals surface area contributed by atoms with E-state index in [0.717, 1.165) is 4.90 Å². The summed E-state index contributed by atoms with van der Waals surface area (Å²) in [5.41, 5.74) is 0.384. The number of carbonyl (C=O) groups is 2. The SMILES string of the molecule is CCOc1ccccc1/C=C1\C(=O)NC(=S)N(c2ccccc2F)C1=O. The molecule has 132 valence electrons. The quantitative estimate of drug-likeness (QED) is 0.511. The third-order valence-corrected chi connectivity index (χ3v) is 4.00. The van der Waals surface area contributed by atoms with Crippen LogP contribution in [0.1, 0.15) is 12.5 Å². The van der Waals surface area contributed by atoms with E-state index in [1.54, 1.807) is 30.3 Å². The van der Waals surface area contributed by atoms with Gasteiger partial charge >= 0.3 is 0 Å². The lowest BCUT2D eigenvalue weighted by Crippen LogP contribution is -2.54. The molecule has 26 heavy (non-hydrogen) atoms. The van der Waals surface area contributed by atoms with Gasteiger partial charge in [0.15, 0.2) is 5.11 Å². The molecule has 2 aromatic rings. The number of thiocarbonyl (C=S) groups is 1. The highest BCUT2D eigenvalue weighted by atomic mass is 32.1. The highest BCUT2D eigenvalue weighted by molar-refractivity contribution is 7.80. The van der Waals surface area contributed by atoms with Gasteiger partial charge in [0.25, 0.3) is 11.8 Å². The zero-order valence-electron chi connectivity index (χ0n) is 13.9. The molecular weight excluding hydrogens is 355 g/mol. The number of nitrogens with one attached hydrogen (secondary N) is 1. The van der Waals surface area contributed by atoms with Crippen LogP contribution in [0.2, 0.25) is 0 Å². The van der Waals surface area contributed by atoms with Gasteiger partial charge in [-0.1, -0.05) is 30.3 Å². The second-order valence-electron chi connectivity index (χ2n) is 5.38. The normalized spacial score (nSPS) is 16.0. The minimum atomic E-state index is -0.699. The smallest absolute Gasteiger partial charge is 0.270 e. The zero-order valence-corrected chi connectivity index (χ0v) is 14.7. The molecule has 0 aromatic heterocycles. The number of para-hydroxylation sites is 2. The number of ether oxygens (including phenoxy) is 1. The molecule has 0 aliphatic carbocycles. The predicted octanol–water partition coefficient (Wildman–Crippen LogP) is 3.06. The molecule has 2 aromatic carbocycles. The minimum absolute atomic E-state index is 0.0218. The molecule has 0 unspecified atom stereocenters. The third-order valence-electron chi connectivity index (χ3n) is 3.71. The van der Waals surface area contributed by atoms with Gasteiger partial charge in [-0.3, -0.25) is 14.9 Å². The van der Waals surface area contributed by atoms with Gasteiger partial charge in [0, 0.05) is 5.56 Å². The summed E-state index contributed by atoms with van der Waals surface area (Å²) in [6.45, 7) is 2.27. The molecule has 0 spiro atoms. The average molecular weight is 370 g/mol. The predicted molar refractivity (Wildman–Crippen MR) is 100 cm³/mol. The summed E-state index contributed by atoms with van der Waals surface area (Å²) in [5.74, 6) is -1.42. The molecular formula is C19H15FN2O3S. The summed E-state index contributed by atoms with van der Waals surface area (Å²) in [6.07, 6.45) is 1.41. The highest BCUT2D eigenvalue weighted by Crippen LogP contribution is 2.26. The lowest BCUT2D eigenvalue weighted by molar-refractivity contribution is -0.122. The Morgan fingerprint density at radius 2 is 1.85 bits per heavy atom. The minimum Gasteiger partial charge on any atom is -0.493 e. The monoisotopic (exact) mass is 370 g/mol. The molecule has 1 N–H and O–H groups in total. The lowest BCUT2D eigenvalue weighted by atomic mass is 10.1. The molecule has 0 atom stereocenters. The molecule has 0 radical (unpaired) electrons. The number of carbonyl (C=O) groups excluding carboxylic acids is 2. The number of halogens is 1. The van der Waals surface area contributed by atoms with Crippen molar-refractivity contribution in [2.45, 2.75) is 6.92 Å². The van der Waals surface area contributed by atoms with Crippen molar-refractivity contribution in [3.8, 4) is 5.75 Å². The highest BCUT2D eigenvalue weighted by Gasteiger charge is 2.35. The Labute approximate surface area is 155 Å². The first-order valence-corrected chi connectivity index (χ1v) is 8.31. The second kappa shape index (κ2) is 7.45. The van der Waals surface area contributed by atoms with E-state index in [0.29, 0.717) is 17.9 Å². The molecule has 0 bridgehead atoms. The van der Waals surface area contributed by atoms with Crippen molar-refractivity contribution in [2.75, 3.05) is 11.5 Å². The molecule has 0 saturated carbocycles. The van der Waals surface area contributed by atoms with E-state index in [4.69, 9.17) is 17.0 Å². The van der Waals surface area contributed by atoms with Crippen LogP contribution in [-0.2, 0) is 9.59 Å². The van der Waals surface area contributed by atoms with Crippen LogP contribution >= 0.6 is 12.2 Å².